The number of phenolic OH excluding ortho intramolecular Hbond substituents is 1. The molecule has 3 aliphatic carbocycles. The van der Waals surface area contributed by atoms with E-state index in [-0.39, 0.29) is 48.7 Å². The van der Waals surface area contributed by atoms with Crippen LogP contribution in [0.1, 0.15) is 41.9 Å². The first-order valence-electron chi connectivity index (χ1n) is 15.7. The van der Waals surface area contributed by atoms with E-state index in [2.05, 4.69) is 0 Å². The first-order chi connectivity index (χ1) is 22.7. The van der Waals surface area contributed by atoms with Crippen LogP contribution in [0.15, 0.2) is 96.6 Å². The Morgan fingerprint density at radius 3 is 2.32 bits per heavy atom. The molecule has 0 aromatic heterocycles. The number of carbonyl (C=O) groups excluding carboxylic acids is 4. The third-order valence-corrected chi connectivity index (χ3v) is 10.6. The van der Waals surface area contributed by atoms with Gasteiger partial charge in [-0.2, -0.15) is 0 Å². The van der Waals surface area contributed by atoms with Gasteiger partial charge in [0.2, 0.25) is 11.8 Å². The fraction of sp³-hybridized carbons (Fsp3) is 0.289. The number of hydrogen-bond donors (Lipinski definition) is 2. The molecule has 2 N–H and O–H groups in total. The van der Waals surface area contributed by atoms with Crippen LogP contribution in [0.3, 0.4) is 0 Å². The van der Waals surface area contributed by atoms with Crippen molar-refractivity contribution in [3.8, 4) is 11.5 Å². The van der Waals surface area contributed by atoms with Crippen LogP contribution in [0.2, 0.25) is 0 Å². The Morgan fingerprint density at radius 2 is 1.64 bits per heavy atom. The summed E-state index contributed by atoms with van der Waals surface area (Å²) in [5.41, 5.74) is 1.08. The van der Waals surface area contributed by atoms with E-state index in [0.717, 1.165) is 4.90 Å². The van der Waals surface area contributed by atoms with Crippen LogP contribution in [0.4, 0.5) is 0 Å². The summed E-state index contributed by atoms with van der Waals surface area (Å²) in [5.74, 6) is -6.23. The van der Waals surface area contributed by atoms with Gasteiger partial charge in [0, 0.05) is 29.5 Å². The van der Waals surface area contributed by atoms with Gasteiger partial charge in [-0.15, -0.1) is 0 Å². The second-order valence-corrected chi connectivity index (χ2v) is 12.7. The summed E-state index contributed by atoms with van der Waals surface area (Å²) in [7, 11) is 1.50. The monoisotopic (exact) mass is 631 g/mol. The summed E-state index contributed by atoms with van der Waals surface area (Å²) in [5, 5.41) is 20.8. The molecule has 2 fully saturated rings. The zero-order valence-corrected chi connectivity index (χ0v) is 25.7. The van der Waals surface area contributed by atoms with E-state index in [9.17, 15) is 34.2 Å². The Hall–Kier alpha value is -5.31. The van der Waals surface area contributed by atoms with E-state index in [4.69, 9.17) is 4.74 Å². The van der Waals surface area contributed by atoms with Crippen LogP contribution < -0.4 is 4.74 Å². The maximum Gasteiger partial charge on any atom is 0.305 e. The average molecular weight is 632 g/mol. The summed E-state index contributed by atoms with van der Waals surface area (Å²) < 4.78 is 5.55. The number of likely N-dealkylation sites (tertiary alicyclic amines) is 1. The van der Waals surface area contributed by atoms with Gasteiger partial charge in [-0.25, -0.2) is 0 Å². The Morgan fingerprint density at radius 1 is 0.936 bits per heavy atom. The number of aromatic hydroxyl groups is 1. The number of carbonyl (C=O) groups is 5. The third-order valence-electron chi connectivity index (χ3n) is 10.6. The number of amides is 2. The van der Waals surface area contributed by atoms with Gasteiger partial charge in [-0.1, -0.05) is 72.3 Å². The molecule has 1 aliphatic heterocycles. The maximum atomic E-state index is 15.0. The van der Waals surface area contributed by atoms with Crippen LogP contribution in [-0.2, 0) is 29.4 Å². The highest BCUT2D eigenvalue weighted by atomic mass is 16.5. The van der Waals surface area contributed by atoms with Crippen molar-refractivity contribution in [2.75, 3.05) is 13.7 Å². The summed E-state index contributed by atoms with van der Waals surface area (Å²) in [6.07, 6.45) is 3.27. The van der Waals surface area contributed by atoms with Crippen LogP contribution in [0.25, 0.3) is 5.57 Å². The van der Waals surface area contributed by atoms with Crippen molar-refractivity contribution in [1.82, 2.24) is 4.90 Å². The van der Waals surface area contributed by atoms with E-state index in [1.54, 1.807) is 36.4 Å². The minimum atomic E-state index is -1.48. The highest BCUT2D eigenvalue weighted by Crippen LogP contribution is 2.64. The lowest BCUT2D eigenvalue weighted by atomic mass is 9.44. The number of ether oxygens (including phenoxy) is 1. The van der Waals surface area contributed by atoms with Crippen molar-refractivity contribution in [3.63, 3.8) is 0 Å². The fourth-order valence-corrected chi connectivity index (χ4v) is 8.60. The number of allylic oxidation sites excluding steroid dienone is 4. The topological polar surface area (TPSA) is 138 Å². The van der Waals surface area contributed by atoms with Crippen LogP contribution in [0.5, 0.6) is 11.5 Å². The highest BCUT2D eigenvalue weighted by molar-refractivity contribution is 6.31. The quantitative estimate of drug-likeness (QED) is 0.283. The lowest BCUT2D eigenvalue weighted by Gasteiger charge is -2.55. The van der Waals surface area contributed by atoms with Crippen molar-refractivity contribution in [1.29, 1.82) is 0 Å². The van der Waals surface area contributed by atoms with Crippen LogP contribution in [-0.4, -0.2) is 58.1 Å². The van der Waals surface area contributed by atoms with Crippen LogP contribution >= 0.6 is 0 Å². The summed E-state index contributed by atoms with van der Waals surface area (Å²) in [6.45, 7) is -0.238. The molecule has 0 radical (unpaired) electrons. The predicted molar refractivity (Wildman–Crippen MR) is 170 cm³/mol. The Kier molecular flexibility index (Phi) is 7.42. The number of carboxylic acids is 1. The fourth-order valence-electron chi connectivity index (χ4n) is 8.60. The third kappa shape index (κ3) is 4.55. The molecule has 6 atom stereocenters. The number of fused-ring (bicyclic) bond motifs is 4. The predicted octanol–water partition coefficient (Wildman–Crippen LogP) is 4.70. The number of imide groups is 1. The summed E-state index contributed by atoms with van der Waals surface area (Å²) >= 11 is 0. The number of methoxy groups -OCH3 is 1. The van der Waals surface area contributed by atoms with Gasteiger partial charge in [0.25, 0.3) is 0 Å². The van der Waals surface area contributed by atoms with Gasteiger partial charge >= 0.3 is 5.97 Å². The molecule has 1 saturated heterocycles. The smallest absolute Gasteiger partial charge is 0.305 e. The highest BCUT2D eigenvalue weighted by Gasteiger charge is 2.66. The van der Waals surface area contributed by atoms with Crippen molar-refractivity contribution >= 4 is 34.9 Å². The molecule has 2 amide bonds. The number of carboxylic acid groups (broad SMARTS) is 1. The number of nitrogens with zero attached hydrogens (tertiary/aromatic N) is 1. The average Bonchev–Trinajstić information content (AvgIpc) is 3.33. The number of rotatable bonds is 7. The minimum absolute atomic E-state index is 0.0940. The van der Waals surface area contributed by atoms with Gasteiger partial charge in [-0.3, -0.25) is 28.9 Å². The normalized spacial score (nSPS) is 28.2. The Bertz CT molecular complexity index is 1880. The molecule has 3 aromatic carbocycles. The van der Waals surface area contributed by atoms with Crippen molar-refractivity contribution in [2.45, 2.75) is 30.6 Å². The van der Waals surface area contributed by atoms with E-state index < -0.39 is 52.8 Å². The van der Waals surface area contributed by atoms with E-state index in [0.29, 0.717) is 28.0 Å². The summed E-state index contributed by atoms with van der Waals surface area (Å²) in [4.78, 5) is 69.8. The molecule has 0 bridgehead atoms. The number of hydrogen-bond acceptors (Lipinski definition) is 7. The molecule has 0 unspecified atom stereocenters. The summed E-state index contributed by atoms with van der Waals surface area (Å²) in [6, 6.07) is 22.9. The second kappa shape index (κ2) is 11.5. The molecular formula is C38H33NO8. The number of ketones is 2. The Balaban J connectivity index is 1.48. The molecule has 9 heteroatoms. The van der Waals surface area contributed by atoms with Gasteiger partial charge in [0.1, 0.15) is 11.5 Å². The molecular weight excluding hydrogens is 598 g/mol. The van der Waals surface area contributed by atoms with E-state index in [1.807, 2.05) is 42.5 Å². The molecule has 0 spiro atoms. The molecule has 9 nitrogen and oxygen atoms in total. The number of benzene rings is 3. The van der Waals surface area contributed by atoms with E-state index >= 15 is 0 Å². The molecule has 7 rings (SSSR count). The Labute approximate surface area is 271 Å². The number of phenols is 1. The zero-order valence-electron chi connectivity index (χ0n) is 25.7. The molecule has 238 valence electrons. The second-order valence-electron chi connectivity index (χ2n) is 12.7. The minimum Gasteiger partial charge on any atom is -0.508 e. The number of aliphatic carboxylic acids is 1. The van der Waals surface area contributed by atoms with Crippen LogP contribution in [0, 0.1) is 23.7 Å². The molecule has 1 saturated carbocycles. The molecule has 3 aromatic rings. The van der Waals surface area contributed by atoms with Crippen molar-refractivity contribution in [3.05, 3.63) is 113 Å². The van der Waals surface area contributed by atoms with Gasteiger partial charge in [0.05, 0.1) is 30.8 Å². The van der Waals surface area contributed by atoms with E-state index in [1.165, 1.54) is 19.3 Å². The van der Waals surface area contributed by atoms with Gasteiger partial charge in [-0.05, 0) is 54.2 Å². The standard InChI is InChI=1S/C38H33NO8/c1-47-23-12-15-30(40)28(18-23)34-24-13-14-25-33(37(46)39(36(25)45)17-16-32(42)43)27(24)19-29-35(44)26(21-8-4-2-5-9-21)20-31(41)38(29,34)22-10-6-3-7-11-22/h2-13,15,18,20,25,27,29,33-34,40H,14,16-17,19H2,1H3,(H,42,43)/t25-,27+,29-,33-,34+,38-/m0/s1. The molecule has 1 heterocycles. The first-order valence-corrected chi connectivity index (χ1v) is 15.7. The van der Waals surface area contributed by atoms with Gasteiger partial charge in [0.15, 0.2) is 11.6 Å². The molecule has 47 heavy (non-hydrogen) atoms. The first kappa shape index (κ1) is 30.3. The zero-order chi connectivity index (χ0) is 33.0. The maximum absolute atomic E-state index is 15.0. The lowest BCUT2D eigenvalue weighted by molar-refractivity contribution is -0.142. The largest absolute Gasteiger partial charge is 0.508 e. The number of Topliss-reactive ketones (excluding diaryl/α,β-unsaturated/α-hetero) is 1. The SMILES string of the molecule is COc1ccc(O)c([C@H]2C3=CC[C@@H]4C(=O)N(CCC(=O)O)C(=O)[C@@H]4[C@@H]3C[C@H]3C(=O)C(c4ccccc4)=CC(=O)[C@@]23c2ccccc2)c1. The molecule has 4 aliphatic rings. The van der Waals surface area contributed by atoms with Crippen molar-refractivity contribution < 1.29 is 38.9 Å². The lowest BCUT2D eigenvalue weighted by Crippen LogP contribution is -2.58. The van der Waals surface area contributed by atoms with Crippen molar-refractivity contribution in [2.24, 2.45) is 23.7 Å². The van der Waals surface area contributed by atoms with Gasteiger partial charge < -0.3 is 14.9 Å².